The van der Waals surface area contributed by atoms with E-state index in [-0.39, 0.29) is 12.5 Å². The average Bonchev–Trinajstić information content (AvgIpc) is 2.78. The van der Waals surface area contributed by atoms with Crippen LogP contribution in [0.1, 0.15) is 31.9 Å². The molecule has 1 heterocycles. The molecule has 0 radical (unpaired) electrons. The van der Waals surface area contributed by atoms with Crippen molar-refractivity contribution in [1.82, 2.24) is 16.0 Å². The molecule has 2 atom stereocenters. The standard InChI is InChI=1S/C23H28N4O4/c1-3-14-25-21(28)19-15-27(17-12-8-9-13-18(17)31-19)20(16-10-6-5-7-11-16)22(29)26-23(30)24-4-2/h5-13,19-20H,3-4,14-15H2,1-2H3,(H,25,28)(H2,24,26,29,30)/t19-,20+/m1/s1. The second kappa shape index (κ2) is 10.5. The van der Waals surface area contributed by atoms with E-state index in [9.17, 15) is 14.4 Å². The Morgan fingerprint density at radius 3 is 2.45 bits per heavy atom. The third kappa shape index (κ3) is 5.33. The lowest BCUT2D eigenvalue weighted by molar-refractivity contribution is -0.128. The number of hydrogen-bond donors (Lipinski definition) is 3. The molecule has 0 saturated carbocycles. The molecule has 0 fully saturated rings. The summed E-state index contributed by atoms with van der Waals surface area (Å²) in [6, 6.07) is 15.1. The quantitative estimate of drug-likeness (QED) is 0.634. The number of anilines is 1. The van der Waals surface area contributed by atoms with Crippen molar-refractivity contribution in [2.24, 2.45) is 0 Å². The van der Waals surface area contributed by atoms with Crippen molar-refractivity contribution in [3.05, 3.63) is 60.2 Å². The molecule has 0 bridgehead atoms. The first-order chi connectivity index (χ1) is 15.0. The number of nitrogens with one attached hydrogen (secondary N) is 3. The van der Waals surface area contributed by atoms with Crippen molar-refractivity contribution >= 4 is 23.5 Å². The number of urea groups is 1. The monoisotopic (exact) mass is 424 g/mol. The minimum Gasteiger partial charge on any atom is -0.477 e. The van der Waals surface area contributed by atoms with Crippen LogP contribution in [0.5, 0.6) is 5.75 Å². The molecule has 0 unspecified atom stereocenters. The van der Waals surface area contributed by atoms with Crippen molar-refractivity contribution < 1.29 is 19.1 Å². The van der Waals surface area contributed by atoms with Crippen molar-refractivity contribution in [3.63, 3.8) is 0 Å². The Hall–Kier alpha value is -3.55. The van der Waals surface area contributed by atoms with Crippen LogP contribution >= 0.6 is 0 Å². The molecule has 0 spiro atoms. The highest BCUT2D eigenvalue weighted by Crippen LogP contribution is 2.38. The number of nitrogens with zero attached hydrogens (tertiary/aromatic N) is 1. The Balaban J connectivity index is 1.98. The van der Waals surface area contributed by atoms with E-state index in [1.165, 1.54) is 0 Å². The van der Waals surface area contributed by atoms with E-state index in [0.29, 0.717) is 30.1 Å². The molecule has 3 N–H and O–H groups in total. The fourth-order valence-corrected chi connectivity index (χ4v) is 3.50. The van der Waals surface area contributed by atoms with Crippen LogP contribution in [0.2, 0.25) is 0 Å². The summed E-state index contributed by atoms with van der Waals surface area (Å²) in [5.74, 6) is -0.212. The number of hydrogen-bond acceptors (Lipinski definition) is 5. The van der Waals surface area contributed by atoms with Gasteiger partial charge in [-0.25, -0.2) is 4.79 Å². The second-order valence-corrected chi connectivity index (χ2v) is 7.18. The number of fused-ring (bicyclic) bond motifs is 1. The molecule has 4 amide bonds. The number of rotatable bonds is 7. The molecule has 3 rings (SSSR count). The van der Waals surface area contributed by atoms with Gasteiger partial charge in [-0.05, 0) is 31.0 Å². The van der Waals surface area contributed by atoms with E-state index >= 15 is 0 Å². The van der Waals surface area contributed by atoms with Gasteiger partial charge >= 0.3 is 6.03 Å². The van der Waals surface area contributed by atoms with Crippen LogP contribution in [0, 0.1) is 0 Å². The van der Waals surface area contributed by atoms with Crippen molar-refractivity contribution in [3.8, 4) is 5.75 Å². The van der Waals surface area contributed by atoms with Gasteiger partial charge in [-0.3, -0.25) is 14.9 Å². The number of carbonyl (C=O) groups excluding carboxylic acids is 3. The zero-order valence-corrected chi connectivity index (χ0v) is 17.8. The van der Waals surface area contributed by atoms with E-state index in [1.807, 2.05) is 60.4 Å². The van der Waals surface area contributed by atoms with Crippen LogP contribution in [0.25, 0.3) is 0 Å². The van der Waals surface area contributed by atoms with Gasteiger partial charge in [0, 0.05) is 13.1 Å². The van der Waals surface area contributed by atoms with Crippen LogP contribution in [0.3, 0.4) is 0 Å². The molecule has 0 saturated heterocycles. The van der Waals surface area contributed by atoms with Crippen molar-refractivity contribution in [2.45, 2.75) is 32.4 Å². The third-order valence-corrected chi connectivity index (χ3v) is 4.90. The molecular formula is C23H28N4O4. The number of amides is 4. The zero-order valence-electron chi connectivity index (χ0n) is 17.8. The normalized spacial score (nSPS) is 15.8. The maximum Gasteiger partial charge on any atom is 0.321 e. The molecule has 31 heavy (non-hydrogen) atoms. The first-order valence-electron chi connectivity index (χ1n) is 10.5. The van der Waals surface area contributed by atoms with Crippen LogP contribution in [-0.4, -0.2) is 43.6 Å². The summed E-state index contributed by atoms with van der Waals surface area (Å²) in [6.07, 6.45) is 0.0188. The van der Waals surface area contributed by atoms with E-state index in [1.54, 1.807) is 13.0 Å². The first kappa shape index (κ1) is 22.1. The van der Waals surface area contributed by atoms with E-state index in [4.69, 9.17) is 4.74 Å². The van der Waals surface area contributed by atoms with Gasteiger partial charge in [0.25, 0.3) is 11.8 Å². The lowest BCUT2D eigenvalue weighted by Gasteiger charge is -2.39. The third-order valence-electron chi connectivity index (χ3n) is 4.90. The van der Waals surface area contributed by atoms with Gasteiger partial charge in [-0.2, -0.15) is 0 Å². The van der Waals surface area contributed by atoms with Crippen molar-refractivity contribution in [2.75, 3.05) is 24.5 Å². The van der Waals surface area contributed by atoms with Crippen LogP contribution < -0.4 is 25.6 Å². The van der Waals surface area contributed by atoms with Crippen LogP contribution in [0.15, 0.2) is 54.6 Å². The fraction of sp³-hybridized carbons (Fsp3) is 0.348. The summed E-state index contributed by atoms with van der Waals surface area (Å²) in [7, 11) is 0. The molecular weight excluding hydrogens is 396 g/mol. The zero-order chi connectivity index (χ0) is 22.2. The summed E-state index contributed by atoms with van der Waals surface area (Å²) in [6.45, 7) is 4.85. The summed E-state index contributed by atoms with van der Waals surface area (Å²) in [5.41, 5.74) is 1.38. The first-order valence-corrected chi connectivity index (χ1v) is 10.5. The maximum atomic E-state index is 13.2. The van der Waals surface area contributed by atoms with Gasteiger partial charge < -0.3 is 20.3 Å². The minimum absolute atomic E-state index is 0.162. The van der Waals surface area contributed by atoms with Crippen LogP contribution in [-0.2, 0) is 9.59 Å². The molecule has 1 aliphatic heterocycles. The predicted molar refractivity (Wildman–Crippen MR) is 118 cm³/mol. The number of benzene rings is 2. The molecule has 2 aromatic rings. The molecule has 164 valence electrons. The number of carbonyl (C=O) groups is 3. The number of imide groups is 1. The Morgan fingerprint density at radius 1 is 1.03 bits per heavy atom. The number of ether oxygens (including phenoxy) is 1. The fourth-order valence-electron chi connectivity index (χ4n) is 3.50. The molecule has 2 aromatic carbocycles. The SMILES string of the molecule is CCCNC(=O)[C@H]1CN([C@H](C(=O)NC(=O)NCC)c2ccccc2)c2ccccc2O1. The van der Waals surface area contributed by atoms with Gasteiger partial charge in [-0.15, -0.1) is 0 Å². The maximum absolute atomic E-state index is 13.2. The number of para-hydroxylation sites is 2. The molecule has 0 aliphatic carbocycles. The topological polar surface area (TPSA) is 99.8 Å². The van der Waals surface area contributed by atoms with Gasteiger partial charge in [0.1, 0.15) is 11.8 Å². The lowest BCUT2D eigenvalue weighted by Crippen LogP contribution is -2.53. The summed E-state index contributed by atoms with van der Waals surface area (Å²) < 4.78 is 5.94. The van der Waals surface area contributed by atoms with Crippen molar-refractivity contribution in [1.29, 1.82) is 0 Å². The van der Waals surface area contributed by atoms with E-state index in [0.717, 1.165) is 6.42 Å². The summed E-state index contributed by atoms with van der Waals surface area (Å²) in [5, 5.41) is 7.85. The smallest absolute Gasteiger partial charge is 0.321 e. The molecule has 8 heteroatoms. The highest BCUT2D eigenvalue weighted by atomic mass is 16.5. The van der Waals surface area contributed by atoms with Gasteiger partial charge in [0.05, 0.1) is 12.2 Å². The lowest BCUT2D eigenvalue weighted by atomic mass is 10.0. The Bertz CT molecular complexity index is 919. The molecule has 8 nitrogen and oxygen atoms in total. The molecule has 1 aliphatic rings. The molecule has 0 aromatic heterocycles. The predicted octanol–water partition coefficient (Wildman–Crippen LogP) is 2.37. The Morgan fingerprint density at radius 2 is 1.74 bits per heavy atom. The van der Waals surface area contributed by atoms with Gasteiger partial charge in [0.2, 0.25) is 0 Å². The van der Waals surface area contributed by atoms with Gasteiger partial charge in [-0.1, -0.05) is 49.4 Å². The summed E-state index contributed by atoms with van der Waals surface area (Å²) >= 11 is 0. The highest BCUT2D eigenvalue weighted by molar-refractivity contribution is 5.99. The largest absolute Gasteiger partial charge is 0.477 e. The highest BCUT2D eigenvalue weighted by Gasteiger charge is 2.38. The van der Waals surface area contributed by atoms with E-state index in [2.05, 4.69) is 16.0 Å². The van der Waals surface area contributed by atoms with Gasteiger partial charge in [0.15, 0.2) is 6.10 Å². The summed E-state index contributed by atoms with van der Waals surface area (Å²) in [4.78, 5) is 39.8. The Kier molecular flexibility index (Phi) is 7.48. The average molecular weight is 425 g/mol. The van der Waals surface area contributed by atoms with Crippen LogP contribution in [0.4, 0.5) is 10.5 Å². The Labute approximate surface area is 182 Å². The minimum atomic E-state index is -0.824. The second-order valence-electron chi connectivity index (χ2n) is 7.18. The van der Waals surface area contributed by atoms with E-state index < -0.39 is 24.1 Å².